The van der Waals surface area contributed by atoms with Crippen molar-refractivity contribution in [1.29, 1.82) is 0 Å². The van der Waals surface area contributed by atoms with E-state index in [4.69, 9.17) is 9.84 Å². The first-order valence-corrected chi connectivity index (χ1v) is 4.48. The number of ether oxygens (including phenoxy) is 1. The zero-order chi connectivity index (χ0) is 11.1. The van der Waals surface area contributed by atoms with E-state index in [-0.39, 0.29) is 31.7 Å². The molecule has 1 N–H and O–H groups in total. The van der Waals surface area contributed by atoms with E-state index in [9.17, 15) is 4.79 Å². The summed E-state index contributed by atoms with van der Waals surface area (Å²) in [7, 11) is 1.59. The zero-order valence-electron chi connectivity index (χ0n) is 8.46. The smallest absolute Gasteiger partial charge is 0.316 e. The molecule has 0 fully saturated rings. The number of rotatable bonds is 5. The third-order valence-corrected chi connectivity index (χ3v) is 1.73. The van der Waals surface area contributed by atoms with Gasteiger partial charge in [-0.2, -0.15) is 0 Å². The minimum atomic E-state index is -0.225. The first-order chi connectivity index (χ1) is 7.24. The van der Waals surface area contributed by atoms with Crippen LogP contribution in [0.3, 0.4) is 0 Å². The number of aliphatic hydroxyl groups excluding tert-OH is 1. The highest BCUT2D eigenvalue weighted by atomic mass is 16.5. The van der Waals surface area contributed by atoms with Crippen LogP contribution in [-0.4, -0.2) is 52.7 Å². The Hall–Kier alpha value is -1.69. The van der Waals surface area contributed by atoms with Gasteiger partial charge in [-0.1, -0.05) is 0 Å². The van der Waals surface area contributed by atoms with Crippen molar-refractivity contribution in [2.24, 2.45) is 0 Å². The van der Waals surface area contributed by atoms with E-state index < -0.39 is 0 Å². The number of aromatic nitrogens is 2. The molecule has 0 spiro atoms. The number of hydrogen-bond acceptors (Lipinski definition) is 5. The van der Waals surface area contributed by atoms with Gasteiger partial charge < -0.3 is 14.7 Å². The van der Waals surface area contributed by atoms with Crippen molar-refractivity contribution in [3.63, 3.8) is 0 Å². The van der Waals surface area contributed by atoms with Crippen LogP contribution in [0.4, 0.5) is 0 Å². The Bertz CT molecular complexity index is 305. The number of hydrogen-bond donors (Lipinski definition) is 1. The van der Waals surface area contributed by atoms with Gasteiger partial charge in [0.15, 0.2) is 6.61 Å². The van der Waals surface area contributed by atoms with Crippen LogP contribution in [0, 0.1) is 0 Å². The number of carbonyl (C=O) groups excluding carboxylic acids is 1. The van der Waals surface area contributed by atoms with Crippen molar-refractivity contribution in [2.45, 2.75) is 0 Å². The maximum absolute atomic E-state index is 11.3. The number of nitrogens with zero attached hydrogens (tertiary/aromatic N) is 3. The second-order valence-corrected chi connectivity index (χ2v) is 2.86. The quantitative estimate of drug-likeness (QED) is 0.697. The molecule has 0 aromatic carbocycles. The molecule has 0 atom stereocenters. The lowest BCUT2D eigenvalue weighted by atomic mass is 10.5. The van der Waals surface area contributed by atoms with Crippen molar-refractivity contribution in [3.8, 4) is 6.01 Å². The van der Waals surface area contributed by atoms with Gasteiger partial charge in [0.05, 0.1) is 6.61 Å². The molecule has 6 nitrogen and oxygen atoms in total. The van der Waals surface area contributed by atoms with Gasteiger partial charge in [0.2, 0.25) is 0 Å². The van der Waals surface area contributed by atoms with Gasteiger partial charge in [0, 0.05) is 26.0 Å². The first-order valence-electron chi connectivity index (χ1n) is 4.48. The lowest BCUT2D eigenvalue weighted by molar-refractivity contribution is -0.132. The van der Waals surface area contributed by atoms with Gasteiger partial charge in [0.1, 0.15) is 0 Å². The normalized spacial score (nSPS) is 9.73. The average molecular weight is 211 g/mol. The van der Waals surface area contributed by atoms with E-state index in [0.717, 1.165) is 0 Å². The molecule has 0 unspecified atom stereocenters. The third-order valence-electron chi connectivity index (χ3n) is 1.73. The van der Waals surface area contributed by atoms with Gasteiger partial charge in [-0.25, -0.2) is 9.97 Å². The number of carbonyl (C=O) groups is 1. The summed E-state index contributed by atoms with van der Waals surface area (Å²) in [6.07, 6.45) is 3.06. The van der Waals surface area contributed by atoms with Crippen LogP contribution in [0.1, 0.15) is 0 Å². The van der Waals surface area contributed by atoms with Crippen LogP contribution in [0.2, 0.25) is 0 Å². The second kappa shape index (κ2) is 5.92. The summed E-state index contributed by atoms with van der Waals surface area (Å²) < 4.78 is 5.04. The summed E-state index contributed by atoms with van der Waals surface area (Å²) in [6, 6.07) is 1.83. The lowest BCUT2D eigenvalue weighted by Crippen LogP contribution is -2.33. The zero-order valence-corrected chi connectivity index (χ0v) is 8.46. The van der Waals surface area contributed by atoms with Gasteiger partial charge >= 0.3 is 6.01 Å². The molecular formula is C9H13N3O3. The monoisotopic (exact) mass is 211 g/mol. The molecule has 0 aliphatic rings. The van der Waals surface area contributed by atoms with Gasteiger partial charge in [-0.15, -0.1) is 0 Å². The Labute approximate surface area is 87.5 Å². The molecule has 0 aliphatic carbocycles. The lowest BCUT2D eigenvalue weighted by Gasteiger charge is -2.15. The molecule has 1 amide bonds. The molecule has 1 aromatic rings. The Morgan fingerprint density at radius 3 is 2.80 bits per heavy atom. The maximum Gasteiger partial charge on any atom is 0.316 e. The van der Waals surface area contributed by atoms with Crippen molar-refractivity contribution in [3.05, 3.63) is 18.5 Å². The largest absolute Gasteiger partial charge is 0.453 e. The Kier molecular flexibility index (Phi) is 4.49. The van der Waals surface area contributed by atoms with Crippen molar-refractivity contribution in [2.75, 3.05) is 26.8 Å². The molecule has 1 aromatic heterocycles. The number of likely N-dealkylation sites (N-methyl/N-ethyl adjacent to an activating group) is 1. The minimum absolute atomic E-state index is 0.0654. The molecule has 82 valence electrons. The van der Waals surface area contributed by atoms with E-state index in [0.29, 0.717) is 0 Å². The molecule has 1 heterocycles. The summed E-state index contributed by atoms with van der Waals surface area (Å²) in [6.45, 7) is 0.0996. The molecule has 0 saturated carbocycles. The number of aliphatic hydroxyl groups is 1. The predicted octanol–water partition coefficient (Wildman–Crippen LogP) is -0.694. The Morgan fingerprint density at radius 1 is 1.53 bits per heavy atom. The van der Waals surface area contributed by atoms with Crippen molar-refractivity contribution >= 4 is 5.91 Å². The third kappa shape index (κ3) is 3.90. The molecule has 1 rings (SSSR count). The molecule has 6 heteroatoms. The van der Waals surface area contributed by atoms with Crippen molar-refractivity contribution < 1.29 is 14.6 Å². The summed E-state index contributed by atoms with van der Waals surface area (Å²) in [5, 5.41) is 8.61. The van der Waals surface area contributed by atoms with Gasteiger partial charge in [-0.05, 0) is 6.07 Å². The highest BCUT2D eigenvalue weighted by Gasteiger charge is 2.09. The van der Waals surface area contributed by atoms with Crippen LogP contribution in [0.25, 0.3) is 0 Å². The SMILES string of the molecule is CN(CCO)C(=O)COc1ncccn1. The highest BCUT2D eigenvalue weighted by Crippen LogP contribution is 1.97. The van der Waals surface area contributed by atoms with Crippen LogP contribution in [0.5, 0.6) is 6.01 Å². The van der Waals surface area contributed by atoms with Crippen molar-refractivity contribution in [1.82, 2.24) is 14.9 Å². The van der Waals surface area contributed by atoms with E-state index in [2.05, 4.69) is 9.97 Å². The standard InChI is InChI=1S/C9H13N3O3/c1-12(5-6-13)8(14)7-15-9-10-3-2-4-11-9/h2-4,13H,5-7H2,1H3. The Morgan fingerprint density at radius 2 is 2.20 bits per heavy atom. The van der Waals surface area contributed by atoms with Gasteiger partial charge in [-0.3, -0.25) is 4.79 Å². The van der Waals surface area contributed by atoms with E-state index >= 15 is 0 Å². The van der Waals surface area contributed by atoms with E-state index in [1.54, 1.807) is 13.1 Å². The molecule has 0 radical (unpaired) electrons. The van der Waals surface area contributed by atoms with Crippen LogP contribution in [-0.2, 0) is 4.79 Å². The minimum Gasteiger partial charge on any atom is -0.453 e. The van der Waals surface area contributed by atoms with Crippen LogP contribution < -0.4 is 4.74 Å². The molecular weight excluding hydrogens is 198 g/mol. The summed E-state index contributed by atoms with van der Waals surface area (Å²) in [5.41, 5.74) is 0. The highest BCUT2D eigenvalue weighted by molar-refractivity contribution is 5.77. The molecule has 0 saturated heterocycles. The van der Waals surface area contributed by atoms with Crippen LogP contribution >= 0.6 is 0 Å². The summed E-state index contributed by atoms with van der Waals surface area (Å²) in [5.74, 6) is -0.225. The molecule has 0 bridgehead atoms. The maximum atomic E-state index is 11.3. The predicted molar refractivity (Wildman–Crippen MR) is 52.2 cm³/mol. The molecule has 0 aliphatic heterocycles. The topological polar surface area (TPSA) is 75.5 Å². The van der Waals surface area contributed by atoms with Gasteiger partial charge in [0.25, 0.3) is 5.91 Å². The fourth-order valence-corrected chi connectivity index (χ4v) is 0.871. The van der Waals surface area contributed by atoms with E-state index in [1.807, 2.05) is 0 Å². The average Bonchev–Trinajstić information content (AvgIpc) is 2.27. The summed E-state index contributed by atoms with van der Waals surface area (Å²) >= 11 is 0. The summed E-state index contributed by atoms with van der Waals surface area (Å²) in [4.78, 5) is 20.3. The number of amides is 1. The van der Waals surface area contributed by atoms with E-state index in [1.165, 1.54) is 17.3 Å². The Balaban J connectivity index is 2.34. The second-order valence-electron chi connectivity index (χ2n) is 2.86. The fourth-order valence-electron chi connectivity index (χ4n) is 0.871. The first kappa shape index (κ1) is 11.4. The van der Waals surface area contributed by atoms with Crippen LogP contribution in [0.15, 0.2) is 18.5 Å². The molecule has 15 heavy (non-hydrogen) atoms. The fraction of sp³-hybridized carbons (Fsp3) is 0.444.